The van der Waals surface area contributed by atoms with Gasteiger partial charge < -0.3 is 20.5 Å². The minimum atomic E-state index is -0.623. The second-order valence-electron chi connectivity index (χ2n) is 7.91. The molecule has 0 fully saturated rings. The summed E-state index contributed by atoms with van der Waals surface area (Å²) in [6, 6.07) is 17.6. The Kier molecular flexibility index (Phi) is 8.30. The predicted octanol–water partition coefficient (Wildman–Crippen LogP) is 4.92. The zero-order valence-corrected chi connectivity index (χ0v) is 20.1. The van der Waals surface area contributed by atoms with E-state index in [1.807, 2.05) is 36.4 Å². The van der Waals surface area contributed by atoms with Crippen molar-refractivity contribution in [2.24, 2.45) is 0 Å². The van der Waals surface area contributed by atoms with Crippen LogP contribution in [0.25, 0.3) is 0 Å². The third kappa shape index (κ3) is 6.28. The number of amides is 3. The minimum absolute atomic E-state index is 0.105. The van der Waals surface area contributed by atoms with Gasteiger partial charge in [-0.15, -0.1) is 11.8 Å². The first-order valence-electron chi connectivity index (χ1n) is 11.4. The van der Waals surface area contributed by atoms with Gasteiger partial charge in [0.2, 0.25) is 17.3 Å². The number of ketones is 2. The Morgan fingerprint density at radius 2 is 1.53 bits per heavy atom. The number of carbonyl (C=O) groups excluding carboxylic acids is 4. The molecule has 0 saturated heterocycles. The topological polar surface area (TPSA) is 130 Å². The van der Waals surface area contributed by atoms with Gasteiger partial charge in [0.05, 0.1) is 4.91 Å². The molecule has 0 unspecified atom stereocenters. The zero-order chi connectivity index (χ0) is 25.3. The number of hydrogen-bond donors (Lipinski definition) is 3. The molecule has 3 amide bonds. The van der Waals surface area contributed by atoms with Gasteiger partial charge in [0.25, 0.3) is 5.91 Å². The summed E-state index contributed by atoms with van der Waals surface area (Å²) in [4.78, 5) is 50.3. The maximum absolute atomic E-state index is 13.0. The minimum Gasteiger partial charge on any atom is -0.351 e. The highest BCUT2D eigenvalue weighted by molar-refractivity contribution is 8.04. The number of para-hydroxylation sites is 2. The number of unbranched alkanes of at least 4 members (excludes halogenated alkanes) is 2. The molecule has 0 saturated carbocycles. The van der Waals surface area contributed by atoms with Crippen LogP contribution in [0.2, 0.25) is 0 Å². The number of thioether (sulfide) groups is 1. The van der Waals surface area contributed by atoms with Gasteiger partial charge in [-0.1, -0.05) is 48.0 Å². The van der Waals surface area contributed by atoms with Crippen LogP contribution in [0.15, 0.2) is 76.2 Å². The number of allylic oxidation sites excluding steroid dienone is 2. The van der Waals surface area contributed by atoms with E-state index in [2.05, 4.69) is 21.1 Å². The number of anilines is 2. The Labute approximate surface area is 211 Å². The molecule has 0 spiro atoms. The van der Waals surface area contributed by atoms with Crippen LogP contribution in [0.3, 0.4) is 0 Å². The summed E-state index contributed by atoms with van der Waals surface area (Å²) < 4.78 is 5.03. The van der Waals surface area contributed by atoms with Crippen molar-refractivity contribution in [1.29, 1.82) is 0 Å². The average molecular weight is 505 g/mol. The SMILES string of the molecule is O=C(NCCCCCSC1=CC(=O)c2onc(C(=O)Nc3ccccc3)c2C1=O)Nc1ccccc1. The summed E-state index contributed by atoms with van der Waals surface area (Å²) >= 11 is 1.26. The number of fused-ring (bicyclic) bond motifs is 1. The molecule has 3 N–H and O–H groups in total. The molecule has 0 atom stereocenters. The highest BCUT2D eigenvalue weighted by Crippen LogP contribution is 2.31. The van der Waals surface area contributed by atoms with E-state index in [4.69, 9.17) is 4.52 Å². The number of rotatable bonds is 10. The van der Waals surface area contributed by atoms with Crippen molar-refractivity contribution in [2.45, 2.75) is 19.3 Å². The van der Waals surface area contributed by atoms with Gasteiger partial charge in [-0.05, 0) is 42.9 Å². The summed E-state index contributed by atoms with van der Waals surface area (Å²) in [5.74, 6) is -1.18. The Hall–Kier alpha value is -4.18. The van der Waals surface area contributed by atoms with Gasteiger partial charge in [0, 0.05) is 24.0 Å². The molecule has 9 nitrogen and oxygen atoms in total. The summed E-state index contributed by atoms with van der Waals surface area (Å²) in [6.07, 6.45) is 3.61. The van der Waals surface area contributed by atoms with Crippen LogP contribution in [-0.4, -0.2) is 41.0 Å². The lowest BCUT2D eigenvalue weighted by Crippen LogP contribution is -2.29. The van der Waals surface area contributed by atoms with Gasteiger partial charge in [-0.25, -0.2) is 4.79 Å². The lowest BCUT2D eigenvalue weighted by molar-refractivity contribution is 0.0967. The van der Waals surface area contributed by atoms with E-state index in [9.17, 15) is 19.2 Å². The lowest BCUT2D eigenvalue weighted by Gasteiger charge is -2.11. The van der Waals surface area contributed by atoms with E-state index in [1.54, 1.807) is 24.3 Å². The van der Waals surface area contributed by atoms with E-state index >= 15 is 0 Å². The van der Waals surface area contributed by atoms with Crippen molar-refractivity contribution >= 4 is 46.6 Å². The third-order valence-corrected chi connectivity index (χ3v) is 6.38. The fraction of sp³-hybridized carbons (Fsp3) is 0.192. The second kappa shape index (κ2) is 12.0. The first-order chi connectivity index (χ1) is 17.5. The standard InChI is InChI=1S/C26H24N4O5S/c31-19-16-20(36-15-9-3-8-14-27-26(34)29-18-12-6-2-7-13-18)23(32)21-22(30-35-24(19)21)25(33)28-17-10-4-1-5-11-17/h1-2,4-7,10-13,16H,3,8-9,14-15H2,(H,28,33)(H2,27,29,34). The monoisotopic (exact) mass is 504 g/mol. The van der Waals surface area contributed by atoms with Gasteiger partial charge in [0.15, 0.2) is 5.69 Å². The Morgan fingerprint density at radius 3 is 2.22 bits per heavy atom. The molecule has 1 aliphatic carbocycles. The second-order valence-corrected chi connectivity index (χ2v) is 9.05. The molecule has 0 bridgehead atoms. The Bertz CT molecular complexity index is 1290. The molecule has 184 valence electrons. The molecule has 2 aromatic carbocycles. The molecule has 3 aromatic rings. The van der Waals surface area contributed by atoms with Gasteiger partial charge in [-0.3, -0.25) is 14.4 Å². The van der Waals surface area contributed by atoms with Gasteiger partial charge >= 0.3 is 6.03 Å². The molecule has 1 heterocycles. The van der Waals surface area contributed by atoms with Gasteiger partial charge in [0.1, 0.15) is 5.56 Å². The van der Waals surface area contributed by atoms with Gasteiger partial charge in [-0.2, -0.15) is 0 Å². The van der Waals surface area contributed by atoms with Crippen LogP contribution in [0.4, 0.5) is 16.2 Å². The average Bonchev–Trinajstić information content (AvgIpc) is 3.34. The van der Waals surface area contributed by atoms with E-state index in [0.717, 1.165) is 24.9 Å². The van der Waals surface area contributed by atoms with Crippen molar-refractivity contribution in [1.82, 2.24) is 10.5 Å². The molecular formula is C26H24N4O5S. The van der Waals surface area contributed by atoms with Crippen molar-refractivity contribution in [3.63, 3.8) is 0 Å². The number of Topliss-reactive ketones (excluding diaryl/α,β-unsaturated/α-hetero) is 1. The van der Waals surface area contributed by atoms with Crippen molar-refractivity contribution in [3.05, 3.63) is 88.7 Å². The van der Waals surface area contributed by atoms with E-state index in [1.165, 1.54) is 17.8 Å². The highest BCUT2D eigenvalue weighted by Gasteiger charge is 2.36. The van der Waals surface area contributed by atoms with Crippen LogP contribution in [0.5, 0.6) is 0 Å². The Balaban J connectivity index is 1.22. The summed E-state index contributed by atoms with van der Waals surface area (Å²) in [7, 11) is 0. The third-order valence-electron chi connectivity index (χ3n) is 5.27. The first kappa shape index (κ1) is 24.9. The Morgan fingerprint density at radius 1 is 0.861 bits per heavy atom. The maximum Gasteiger partial charge on any atom is 0.319 e. The zero-order valence-electron chi connectivity index (χ0n) is 19.3. The quantitative estimate of drug-likeness (QED) is 0.334. The molecule has 4 rings (SSSR count). The summed E-state index contributed by atoms with van der Waals surface area (Å²) in [5, 5.41) is 11.9. The number of nitrogens with zero attached hydrogens (tertiary/aromatic N) is 1. The number of aromatic nitrogens is 1. The van der Waals surface area contributed by atoms with Crippen molar-refractivity contribution < 1.29 is 23.7 Å². The lowest BCUT2D eigenvalue weighted by atomic mass is 9.99. The first-order valence-corrected chi connectivity index (χ1v) is 12.4. The van der Waals surface area contributed by atoms with Crippen LogP contribution < -0.4 is 16.0 Å². The van der Waals surface area contributed by atoms with Crippen molar-refractivity contribution in [3.8, 4) is 0 Å². The summed E-state index contributed by atoms with van der Waals surface area (Å²) in [5.41, 5.74) is 0.944. The fourth-order valence-corrected chi connectivity index (χ4v) is 4.49. The number of carbonyl (C=O) groups is 4. The number of urea groups is 1. The fourth-order valence-electron chi connectivity index (χ4n) is 3.50. The molecule has 1 aliphatic rings. The molecule has 10 heteroatoms. The van der Waals surface area contributed by atoms with E-state index in [-0.39, 0.29) is 28.0 Å². The van der Waals surface area contributed by atoms with Crippen molar-refractivity contribution in [2.75, 3.05) is 22.9 Å². The molecular weight excluding hydrogens is 480 g/mol. The highest BCUT2D eigenvalue weighted by atomic mass is 32.2. The van der Waals surface area contributed by atoms with Crippen LogP contribution in [-0.2, 0) is 0 Å². The summed E-state index contributed by atoms with van der Waals surface area (Å²) in [6.45, 7) is 0.521. The van der Waals surface area contributed by atoms with E-state index in [0.29, 0.717) is 18.0 Å². The molecule has 1 aromatic heterocycles. The molecule has 36 heavy (non-hydrogen) atoms. The number of benzene rings is 2. The van der Waals surface area contributed by atoms with Crippen LogP contribution in [0.1, 0.15) is 50.7 Å². The smallest absolute Gasteiger partial charge is 0.319 e. The van der Waals surface area contributed by atoms with Crippen LogP contribution in [0, 0.1) is 0 Å². The van der Waals surface area contributed by atoms with Crippen LogP contribution >= 0.6 is 11.8 Å². The predicted molar refractivity (Wildman–Crippen MR) is 137 cm³/mol. The van der Waals surface area contributed by atoms with E-state index < -0.39 is 17.5 Å². The number of nitrogens with one attached hydrogen (secondary N) is 3. The normalized spacial score (nSPS) is 12.5. The maximum atomic E-state index is 13.0. The molecule has 0 radical (unpaired) electrons. The largest absolute Gasteiger partial charge is 0.351 e. The number of hydrogen-bond acceptors (Lipinski definition) is 7. The molecule has 0 aliphatic heterocycles.